The van der Waals surface area contributed by atoms with E-state index in [0.717, 1.165) is 6.42 Å². The molecule has 0 nitrogen and oxygen atoms in total. The summed E-state index contributed by atoms with van der Waals surface area (Å²) in [7, 11) is -1.13. The topological polar surface area (TPSA) is 0 Å². The minimum atomic E-state index is -1.13. The van der Waals surface area contributed by atoms with E-state index >= 15 is 0 Å². The molecule has 0 unspecified atom stereocenters. The van der Waals surface area contributed by atoms with E-state index in [1.165, 1.54) is 55.6 Å². The van der Waals surface area contributed by atoms with Crippen LogP contribution in [0.2, 0.25) is 0 Å². The van der Waals surface area contributed by atoms with Crippen LogP contribution in [0.25, 0.3) is 49.7 Å². The Hall–Kier alpha value is -3.94. The molecule has 8 rings (SSSR count). The highest BCUT2D eigenvalue weighted by atomic mass is 28.3. The molecular formula is C36H27Si. The summed E-state index contributed by atoms with van der Waals surface area (Å²) in [6.45, 7) is 4.80. The second kappa shape index (κ2) is 7.78. The fourth-order valence-electron chi connectivity index (χ4n) is 7.01. The standard InChI is InChI=1S/C36H27Si/c1-22(2)29-20-25-21-30-28-18-11-17-27-26-16-9-10-19-31(26)37(35(27)28)36(29)34(25)33(24-14-7-4-8-15-24)32(30)23-12-5-3-6-13-23/h3-19,21-22H,20H2,1-2H3. The number of fused-ring (bicyclic) bond motifs is 7. The summed E-state index contributed by atoms with van der Waals surface area (Å²) in [6, 6.07) is 41.1. The minimum Gasteiger partial charge on any atom is -0.0628 e. The van der Waals surface area contributed by atoms with Crippen LogP contribution in [-0.4, -0.2) is 8.80 Å². The summed E-state index contributed by atoms with van der Waals surface area (Å²) in [5.41, 5.74) is 15.9. The lowest BCUT2D eigenvalue weighted by molar-refractivity contribution is 0.753. The highest BCUT2D eigenvalue weighted by Crippen LogP contribution is 2.53. The maximum absolute atomic E-state index is 2.55. The summed E-state index contributed by atoms with van der Waals surface area (Å²) >= 11 is 0. The molecule has 2 aliphatic heterocycles. The van der Waals surface area contributed by atoms with Crippen molar-refractivity contribution in [2.45, 2.75) is 20.3 Å². The van der Waals surface area contributed by atoms with Gasteiger partial charge in [-0.05, 0) is 89.6 Å². The van der Waals surface area contributed by atoms with Crippen molar-refractivity contribution in [3.05, 3.63) is 126 Å². The lowest BCUT2D eigenvalue weighted by atomic mass is 9.82. The quantitative estimate of drug-likeness (QED) is 0.228. The minimum absolute atomic E-state index is 0.522. The maximum atomic E-state index is 2.55. The Morgan fingerprint density at radius 2 is 1.16 bits per heavy atom. The summed E-state index contributed by atoms with van der Waals surface area (Å²) in [5.74, 6) is 0.522. The molecule has 0 spiro atoms. The van der Waals surface area contributed by atoms with Crippen molar-refractivity contribution in [3.63, 3.8) is 0 Å². The number of hydrogen-bond acceptors (Lipinski definition) is 0. The number of benzene rings is 5. The Bertz CT molecular complexity index is 1760. The van der Waals surface area contributed by atoms with E-state index in [9.17, 15) is 0 Å². The summed E-state index contributed by atoms with van der Waals surface area (Å²) in [5, 5.41) is 4.83. The summed E-state index contributed by atoms with van der Waals surface area (Å²) in [4.78, 5) is 0. The third-order valence-corrected chi connectivity index (χ3v) is 11.6. The molecule has 5 aromatic rings. The van der Waals surface area contributed by atoms with Crippen molar-refractivity contribution in [3.8, 4) is 44.5 Å². The molecule has 3 aliphatic rings. The van der Waals surface area contributed by atoms with Crippen molar-refractivity contribution >= 4 is 24.4 Å². The van der Waals surface area contributed by atoms with E-state index in [1.807, 2.05) is 0 Å². The molecule has 0 amide bonds. The van der Waals surface area contributed by atoms with Gasteiger partial charge in [0.15, 0.2) is 8.80 Å². The molecule has 37 heavy (non-hydrogen) atoms. The first-order chi connectivity index (χ1) is 18.2. The number of allylic oxidation sites excluding steroid dienone is 1. The smallest absolute Gasteiger partial charge is 0.0628 e. The number of hydrogen-bond donors (Lipinski definition) is 0. The molecule has 0 fully saturated rings. The van der Waals surface area contributed by atoms with Crippen molar-refractivity contribution in [1.82, 2.24) is 0 Å². The molecule has 1 radical (unpaired) electrons. The van der Waals surface area contributed by atoms with Crippen LogP contribution < -0.4 is 10.4 Å². The molecule has 0 aromatic heterocycles. The molecule has 0 atom stereocenters. The predicted molar refractivity (Wildman–Crippen MR) is 159 cm³/mol. The molecule has 2 bridgehead atoms. The van der Waals surface area contributed by atoms with Crippen LogP contribution in [0, 0.1) is 5.92 Å². The SMILES string of the molecule is CC(C)C1=C2c3c(cc(c(-c4ccccc4)c3-c3ccccc3)-c3cccc4c3[Si]2c2ccccc2-4)C1. The van der Waals surface area contributed by atoms with Crippen molar-refractivity contribution in [2.24, 2.45) is 5.92 Å². The van der Waals surface area contributed by atoms with Crippen molar-refractivity contribution in [1.29, 1.82) is 0 Å². The normalized spacial score (nSPS) is 14.7. The van der Waals surface area contributed by atoms with Crippen LogP contribution in [0.4, 0.5) is 0 Å². The Balaban J connectivity index is 1.62. The Labute approximate surface area is 220 Å². The Kier molecular flexibility index (Phi) is 4.45. The monoisotopic (exact) mass is 487 g/mol. The van der Waals surface area contributed by atoms with Gasteiger partial charge in [-0.1, -0.05) is 123 Å². The molecule has 2 heterocycles. The van der Waals surface area contributed by atoms with Gasteiger partial charge in [0, 0.05) is 0 Å². The lowest BCUT2D eigenvalue weighted by Gasteiger charge is -2.29. The van der Waals surface area contributed by atoms with Gasteiger partial charge in [-0.15, -0.1) is 0 Å². The van der Waals surface area contributed by atoms with Crippen LogP contribution in [-0.2, 0) is 6.42 Å². The van der Waals surface area contributed by atoms with Gasteiger partial charge in [-0.25, -0.2) is 0 Å². The average molecular weight is 488 g/mol. The van der Waals surface area contributed by atoms with Crippen molar-refractivity contribution in [2.75, 3.05) is 0 Å². The summed E-state index contributed by atoms with van der Waals surface area (Å²) < 4.78 is 0. The average Bonchev–Trinajstić information content (AvgIpc) is 3.49. The second-order valence-corrected chi connectivity index (χ2v) is 13.1. The second-order valence-electron chi connectivity index (χ2n) is 10.8. The lowest BCUT2D eigenvalue weighted by Crippen LogP contribution is -2.42. The highest BCUT2D eigenvalue weighted by Gasteiger charge is 2.44. The summed E-state index contributed by atoms with van der Waals surface area (Å²) in [6.07, 6.45) is 1.07. The number of rotatable bonds is 3. The molecule has 5 aromatic carbocycles. The fraction of sp³-hybridized carbons (Fsp3) is 0.111. The molecule has 1 aliphatic carbocycles. The van der Waals surface area contributed by atoms with Gasteiger partial charge in [0.1, 0.15) is 0 Å². The first-order valence-corrected chi connectivity index (χ1v) is 14.9. The van der Waals surface area contributed by atoms with E-state index in [-0.39, 0.29) is 0 Å². The van der Waals surface area contributed by atoms with Crippen LogP contribution in [0.1, 0.15) is 25.0 Å². The molecule has 0 saturated heterocycles. The van der Waals surface area contributed by atoms with E-state index in [0.29, 0.717) is 5.92 Å². The van der Waals surface area contributed by atoms with Crippen molar-refractivity contribution < 1.29 is 0 Å². The van der Waals surface area contributed by atoms with Gasteiger partial charge in [0.25, 0.3) is 0 Å². The van der Waals surface area contributed by atoms with Crippen LogP contribution in [0.5, 0.6) is 0 Å². The van der Waals surface area contributed by atoms with Gasteiger partial charge in [-0.3, -0.25) is 0 Å². The Morgan fingerprint density at radius 1 is 0.568 bits per heavy atom. The molecule has 175 valence electrons. The Morgan fingerprint density at radius 3 is 1.86 bits per heavy atom. The maximum Gasteiger partial charge on any atom is 0.157 e. The molecule has 0 saturated carbocycles. The zero-order chi connectivity index (χ0) is 24.7. The van der Waals surface area contributed by atoms with Gasteiger partial charge in [0.2, 0.25) is 0 Å². The zero-order valence-electron chi connectivity index (χ0n) is 21.2. The zero-order valence-corrected chi connectivity index (χ0v) is 22.2. The van der Waals surface area contributed by atoms with Crippen LogP contribution >= 0.6 is 0 Å². The first kappa shape index (κ1) is 21.2. The first-order valence-electron chi connectivity index (χ1n) is 13.4. The van der Waals surface area contributed by atoms with E-state index in [1.54, 1.807) is 21.1 Å². The van der Waals surface area contributed by atoms with E-state index < -0.39 is 8.80 Å². The van der Waals surface area contributed by atoms with Gasteiger partial charge in [-0.2, -0.15) is 0 Å². The predicted octanol–water partition coefficient (Wildman–Crippen LogP) is 7.80. The highest BCUT2D eigenvalue weighted by molar-refractivity contribution is 7.04. The van der Waals surface area contributed by atoms with E-state index in [2.05, 4.69) is 123 Å². The van der Waals surface area contributed by atoms with E-state index in [4.69, 9.17) is 0 Å². The van der Waals surface area contributed by atoms with Gasteiger partial charge >= 0.3 is 0 Å². The van der Waals surface area contributed by atoms with Gasteiger partial charge in [0.05, 0.1) is 0 Å². The molecular weight excluding hydrogens is 460 g/mol. The van der Waals surface area contributed by atoms with Crippen LogP contribution in [0.3, 0.4) is 0 Å². The molecule has 1 heteroatoms. The third kappa shape index (κ3) is 2.84. The fourth-order valence-corrected chi connectivity index (χ4v) is 10.8. The third-order valence-electron chi connectivity index (χ3n) is 8.52. The van der Waals surface area contributed by atoms with Gasteiger partial charge < -0.3 is 0 Å². The molecule has 0 N–H and O–H groups in total. The van der Waals surface area contributed by atoms with Crippen LogP contribution in [0.15, 0.2) is 115 Å². The largest absolute Gasteiger partial charge is 0.157 e.